The summed E-state index contributed by atoms with van der Waals surface area (Å²) in [6.45, 7) is 2.32. The van der Waals surface area contributed by atoms with Gasteiger partial charge in [-0.1, -0.05) is 11.6 Å². The first kappa shape index (κ1) is 22.7. The van der Waals surface area contributed by atoms with E-state index < -0.39 is 31.6 Å². The third-order valence-corrected chi connectivity index (χ3v) is 6.77. The molecule has 164 valence electrons. The first-order valence-corrected chi connectivity index (χ1v) is 11.2. The number of ether oxygens (including phenoxy) is 2. The minimum absolute atomic E-state index is 0.117. The average Bonchev–Trinajstić information content (AvgIpc) is 2.72. The van der Waals surface area contributed by atoms with E-state index in [0.717, 1.165) is 24.6 Å². The van der Waals surface area contributed by atoms with Crippen molar-refractivity contribution in [3.05, 3.63) is 52.0 Å². The fraction of sp³-hybridized carbons (Fsp3) is 0.400. The largest absolute Gasteiger partial charge is 0.493 e. The van der Waals surface area contributed by atoms with Gasteiger partial charge in [-0.25, -0.2) is 21.9 Å². The molecule has 2 aromatic carbocycles. The predicted molar refractivity (Wildman–Crippen MR) is 110 cm³/mol. The van der Waals surface area contributed by atoms with Gasteiger partial charge in [-0.2, -0.15) is 0 Å². The number of rotatable bonds is 8. The number of methoxy groups -OCH3 is 2. The van der Waals surface area contributed by atoms with Crippen LogP contribution in [0.5, 0.6) is 11.5 Å². The number of nitrogens with zero attached hydrogens (tertiary/aromatic N) is 1. The van der Waals surface area contributed by atoms with Crippen molar-refractivity contribution in [3.63, 3.8) is 0 Å². The summed E-state index contributed by atoms with van der Waals surface area (Å²) in [5, 5.41) is -0.448. The highest BCUT2D eigenvalue weighted by Crippen LogP contribution is 2.33. The van der Waals surface area contributed by atoms with Gasteiger partial charge in [0, 0.05) is 25.7 Å². The Balaban J connectivity index is 1.56. The van der Waals surface area contributed by atoms with Gasteiger partial charge < -0.3 is 9.47 Å². The first-order valence-electron chi connectivity index (χ1n) is 9.35. The van der Waals surface area contributed by atoms with Crippen molar-refractivity contribution >= 4 is 21.6 Å². The van der Waals surface area contributed by atoms with Crippen molar-refractivity contribution < 1.29 is 26.7 Å². The molecule has 6 nitrogen and oxygen atoms in total. The summed E-state index contributed by atoms with van der Waals surface area (Å²) in [4.78, 5) is 1.54. The van der Waals surface area contributed by atoms with Crippen molar-refractivity contribution in [1.29, 1.82) is 0 Å². The Morgan fingerprint density at radius 1 is 1.07 bits per heavy atom. The molecule has 1 aliphatic heterocycles. The third-order valence-electron chi connectivity index (χ3n) is 5.00. The van der Waals surface area contributed by atoms with Crippen LogP contribution >= 0.6 is 11.6 Å². The monoisotopic (exact) mass is 460 g/mol. The maximum Gasteiger partial charge on any atom is 0.243 e. The number of nitrogens with one attached hydrogen (secondary N) is 1. The molecule has 0 bridgehead atoms. The average molecular weight is 461 g/mol. The van der Waals surface area contributed by atoms with Crippen LogP contribution in [0.15, 0.2) is 29.2 Å². The van der Waals surface area contributed by atoms with Crippen LogP contribution in [0, 0.1) is 11.6 Å². The molecule has 0 amide bonds. The van der Waals surface area contributed by atoms with Gasteiger partial charge in [-0.3, -0.25) is 4.90 Å². The maximum absolute atomic E-state index is 13.8. The predicted octanol–water partition coefficient (Wildman–Crippen LogP) is 3.36. The summed E-state index contributed by atoms with van der Waals surface area (Å²) in [5.74, 6) is -0.813. The van der Waals surface area contributed by atoms with Gasteiger partial charge in [-0.15, -0.1) is 0 Å². The van der Waals surface area contributed by atoms with E-state index in [0.29, 0.717) is 37.1 Å². The van der Waals surface area contributed by atoms with Crippen molar-refractivity contribution in [1.82, 2.24) is 9.62 Å². The SMILES string of the molecule is COc1cc2c(cc1OC)CN(CCCNS(=O)(=O)c1cc(Cl)c(F)cc1F)CC2. The van der Waals surface area contributed by atoms with E-state index in [4.69, 9.17) is 21.1 Å². The Kier molecular flexibility index (Phi) is 7.18. The Hall–Kier alpha value is -1.94. The highest BCUT2D eigenvalue weighted by Gasteiger charge is 2.22. The number of halogens is 3. The molecule has 1 heterocycles. The number of benzene rings is 2. The lowest BCUT2D eigenvalue weighted by molar-refractivity contribution is 0.250. The first-order chi connectivity index (χ1) is 14.2. The van der Waals surface area contributed by atoms with Gasteiger partial charge in [0.05, 0.1) is 19.2 Å². The summed E-state index contributed by atoms with van der Waals surface area (Å²) < 4.78 is 64.7. The van der Waals surface area contributed by atoms with Crippen LogP contribution < -0.4 is 14.2 Å². The molecular weight excluding hydrogens is 438 g/mol. The van der Waals surface area contributed by atoms with Crippen LogP contribution in [-0.4, -0.2) is 47.2 Å². The van der Waals surface area contributed by atoms with Crippen LogP contribution in [-0.2, 0) is 23.0 Å². The summed E-state index contributed by atoms with van der Waals surface area (Å²) in [6, 6.07) is 5.19. The number of hydrogen-bond acceptors (Lipinski definition) is 5. The summed E-state index contributed by atoms with van der Waals surface area (Å²) in [5.41, 5.74) is 2.34. The normalized spacial score (nSPS) is 14.4. The minimum atomic E-state index is -4.12. The number of hydrogen-bond donors (Lipinski definition) is 1. The van der Waals surface area contributed by atoms with Crippen LogP contribution in [0.25, 0.3) is 0 Å². The second-order valence-electron chi connectivity index (χ2n) is 6.95. The highest BCUT2D eigenvalue weighted by atomic mass is 35.5. The molecule has 1 N–H and O–H groups in total. The van der Waals surface area contributed by atoms with E-state index in [1.165, 1.54) is 5.56 Å². The lowest BCUT2D eigenvalue weighted by Gasteiger charge is -2.29. The fourth-order valence-electron chi connectivity index (χ4n) is 3.43. The van der Waals surface area contributed by atoms with Crippen molar-refractivity contribution in [2.24, 2.45) is 0 Å². The lowest BCUT2D eigenvalue weighted by Crippen LogP contribution is -2.34. The van der Waals surface area contributed by atoms with Crippen LogP contribution in [0.3, 0.4) is 0 Å². The molecule has 10 heteroatoms. The summed E-state index contributed by atoms with van der Waals surface area (Å²) >= 11 is 5.58. The Labute approximate surface area is 179 Å². The van der Waals surface area contributed by atoms with E-state index in [2.05, 4.69) is 9.62 Å². The van der Waals surface area contributed by atoms with Gasteiger partial charge in [-0.05, 0) is 48.7 Å². The fourth-order valence-corrected chi connectivity index (χ4v) is 4.82. The third kappa shape index (κ3) is 5.03. The second kappa shape index (κ2) is 9.47. The smallest absolute Gasteiger partial charge is 0.243 e. The van der Waals surface area contributed by atoms with E-state index >= 15 is 0 Å². The summed E-state index contributed by atoms with van der Waals surface area (Å²) in [7, 11) is -0.929. The molecule has 0 atom stereocenters. The number of fused-ring (bicyclic) bond motifs is 1. The van der Waals surface area contributed by atoms with Crippen molar-refractivity contribution in [3.8, 4) is 11.5 Å². The molecule has 0 aromatic heterocycles. The molecule has 2 aromatic rings. The lowest BCUT2D eigenvalue weighted by atomic mass is 9.98. The van der Waals surface area contributed by atoms with E-state index in [-0.39, 0.29) is 6.54 Å². The van der Waals surface area contributed by atoms with Crippen LogP contribution in [0.4, 0.5) is 8.78 Å². The quantitative estimate of drug-likeness (QED) is 0.483. The standard InChI is InChI=1S/C20H23ClF2N2O4S/c1-28-18-8-13-4-7-25(12-14(13)9-19(18)29-2)6-3-5-24-30(26,27)20-10-15(21)16(22)11-17(20)23/h8-11,24H,3-7,12H2,1-2H3. The zero-order chi connectivity index (χ0) is 21.9. The molecule has 30 heavy (non-hydrogen) atoms. The molecule has 0 radical (unpaired) electrons. The van der Waals surface area contributed by atoms with Crippen molar-refractivity contribution in [2.75, 3.05) is 33.9 Å². The van der Waals surface area contributed by atoms with Gasteiger partial charge >= 0.3 is 0 Å². The van der Waals surface area contributed by atoms with Gasteiger partial charge in [0.25, 0.3) is 0 Å². The molecular formula is C20H23ClF2N2O4S. The van der Waals surface area contributed by atoms with Crippen LogP contribution in [0.1, 0.15) is 17.5 Å². The van der Waals surface area contributed by atoms with E-state index in [1.807, 2.05) is 12.1 Å². The van der Waals surface area contributed by atoms with E-state index in [1.54, 1.807) is 14.2 Å². The van der Waals surface area contributed by atoms with Crippen molar-refractivity contribution in [2.45, 2.75) is 24.3 Å². The molecule has 0 saturated carbocycles. The van der Waals surface area contributed by atoms with Gasteiger partial charge in [0.15, 0.2) is 11.5 Å². The van der Waals surface area contributed by atoms with Gasteiger partial charge in [0.1, 0.15) is 16.5 Å². The second-order valence-corrected chi connectivity index (χ2v) is 9.09. The molecule has 0 spiro atoms. The Morgan fingerprint density at radius 3 is 2.40 bits per heavy atom. The molecule has 3 rings (SSSR count). The molecule has 0 aliphatic carbocycles. The zero-order valence-electron chi connectivity index (χ0n) is 16.7. The van der Waals surface area contributed by atoms with E-state index in [9.17, 15) is 17.2 Å². The Bertz CT molecular complexity index is 1030. The maximum atomic E-state index is 13.8. The minimum Gasteiger partial charge on any atom is -0.493 e. The summed E-state index contributed by atoms with van der Waals surface area (Å²) in [6.07, 6.45) is 1.37. The molecule has 1 aliphatic rings. The Morgan fingerprint density at radius 2 is 1.73 bits per heavy atom. The topological polar surface area (TPSA) is 67.9 Å². The van der Waals surface area contributed by atoms with Crippen LogP contribution in [0.2, 0.25) is 5.02 Å². The van der Waals surface area contributed by atoms with Gasteiger partial charge in [0.2, 0.25) is 10.0 Å². The molecule has 0 unspecified atom stereocenters. The molecule has 0 fully saturated rings. The molecule has 0 saturated heterocycles. The number of sulfonamides is 1. The highest BCUT2D eigenvalue weighted by molar-refractivity contribution is 7.89. The zero-order valence-corrected chi connectivity index (χ0v) is 18.2.